The molecule has 2 rings (SSSR count). The van der Waals surface area contributed by atoms with Gasteiger partial charge in [-0.1, -0.05) is 38.1 Å². The molecule has 1 aliphatic carbocycles. The number of ether oxygens (including phenoxy) is 1. The van der Waals surface area contributed by atoms with E-state index in [-0.39, 0.29) is 17.3 Å². The molecule has 0 saturated carbocycles. The van der Waals surface area contributed by atoms with E-state index in [2.05, 4.69) is 16.2 Å². The zero-order chi connectivity index (χ0) is 14.8. The van der Waals surface area contributed by atoms with Gasteiger partial charge in [-0.25, -0.2) is 0 Å². The minimum atomic E-state index is -0.503. The largest absolute Gasteiger partial charge is 0.452 e. The van der Waals surface area contributed by atoms with Crippen molar-refractivity contribution < 1.29 is 14.1 Å². The quantitative estimate of drug-likeness (QED) is 0.626. The third kappa shape index (κ3) is 3.46. The third-order valence-corrected chi connectivity index (χ3v) is 3.36. The van der Waals surface area contributed by atoms with Gasteiger partial charge in [-0.05, 0) is 26.2 Å². The van der Waals surface area contributed by atoms with Gasteiger partial charge < -0.3 is 9.26 Å². The average molecular weight is 278 g/mol. The number of nitrogens with zero attached hydrogens (tertiary/aromatic N) is 2. The number of carbonyl (C=O) groups excluding carboxylic acids is 1. The van der Waals surface area contributed by atoms with Gasteiger partial charge >= 0.3 is 5.97 Å². The number of carbonyl (C=O) groups is 1. The van der Waals surface area contributed by atoms with Gasteiger partial charge in [-0.2, -0.15) is 4.98 Å². The summed E-state index contributed by atoms with van der Waals surface area (Å²) in [5, 5.41) is 3.94. The smallest absolute Gasteiger partial charge is 0.310 e. The molecule has 1 aromatic heterocycles. The molecular weight excluding hydrogens is 256 g/mol. The highest BCUT2D eigenvalue weighted by atomic mass is 16.6. The van der Waals surface area contributed by atoms with Crippen LogP contribution in [0.4, 0.5) is 0 Å². The van der Waals surface area contributed by atoms with Crippen molar-refractivity contribution >= 4 is 5.97 Å². The number of rotatable bonds is 3. The van der Waals surface area contributed by atoms with Crippen molar-refractivity contribution in [2.45, 2.75) is 58.5 Å². The molecule has 0 bridgehead atoms. The van der Waals surface area contributed by atoms with E-state index in [9.17, 15) is 4.79 Å². The maximum Gasteiger partial charge on any atom is 0.310 e. The fourth-order valence-corrected chi connectivity index (χ4v) is 2.03. The normalized spacial score (nSPS) is 20.7. The first-order valence-electron chi connectivity index (χ1n) is 7.07. The van der Waals surface area contributed by atoms with Crippen LogP contribution in [0.3, 0.4) is 0 Å². The molecule has 1 heterocycles. The number of hydrogen-bond acceptors (Lipinski definition) is 5. The zero-order valence-electron chi connectivity index (χ0n) is 12.5. The van der Waals surface area contributed by atoms with Gasteiger partial charge in [0.1, 0.15) is 0 Å². The number of allylic oxidation sites excluding steroid dienone is 2. The van der Waals surface area contributed by atoms with Crippen LogP contribution in [0, 0.1) is 5.92 Å². The summed E-state index contributed by atoms with van der Waals surface area (Å²) in [7, 11) is 0. The lowest BCUT2D eigenvalue weighted by Gasteiger charge is -2.18. The predicted molar refractivity (Wildman–Crippen MR) is 74.0 cm³/mol. The van der Waals surface area contributed by atoms with Crippen molar-refractivity contribution in [3.63, 3.8) is 0 Å². The minimum Gasteiger partial charge on any atom is -0.452 e. The first-order chi connectivity index (χ1) is 9.38. The fraction of sp³-hybridized carbons (Fsp3) is 0.667. The van der Waals surface area contributed by atoms with Crippen LogP contribution in [-0.4, -0.2) is 16.1 Å². The molecular formula is C15H22N2O3. The van der Waals surface area contributed by atoms with Crippen LogP contribution >= 0.6 is 0 Å². The number of esters is 1. The molecule has 0 N–H and O–H groups in total. The molecule has 0 radical (unpaired) electrons. The third-order valence-electron chi connectivity index (χ3n) is 3.36. The second kappa shape index (κ2) is 5.77. The van der Waals surface area contributed by atoms with Crippen molar-refractivity contribution in [2.24, 2.45) is 5.92 Å². The van der Waals surface area contributed by atoms with Crippen LogP contribution in [0.1, 0.15) is 64.8 Å². The second-order valence-electron chi connectivity index (χ2n) is 6.27. The Morgan fingerprint density at radius 1 is 1.45 bits per heavy atom. The van der Waals surface area contributed by atoms with Crippen molar-refractivity contribution in [3.8, 4) is 0 Å². The maximum atomic E-state index is 12.0. The van der Waals surface area contributed by atoms with Crippen LogP contribution in [0.5, 0.6) is 0 Å². The van der Waals surface area contributed by atoms with E-state index in [4.69, 9.17) is 9.26 Å². The molecule has 5 nitrogen and oxygen atoms in total. The summed E-state index contributed by atoms with van der Waals surface area (Å²) < 4.78 is 10.6. The molecule has 0 fully saturated rings. The van der Waals surface area contributed by atoms with Crippen LogP contribution in [0.25, 0.3) is 0 Å². The number of aromatic nitrogens is 2. The fourth-order valence-electron chi connectivity index (χ4n) is 2.03. The number of hydrogen-bond donors (Lipinski definition) is 0. The Balaban J connectivity index is 1.97. The van der Waals surface area contributed by atoms with Gasteiger partial charge in [0.15, 0.2) is 11.9 Å². The van der Waals surface area contributed by atoms with Crippen molar-refractivity contribution in [1.29, 1.82) is 0 Å². The highest BCUT2D eigenvalue weighted by Gasteiger charge is 2.27. The molecule has 2 atom stereocenters. The van der Waals surface area contributed by atoms with Gasteiger partial charge in [0.25, 0.3) is 5.89 Å². The summed E-state index contributed by atoms with van der Waals surface area (Å²) in [6.07, 6.45) is 6.16. The summed E-state index contributed by atoms with van der Waals surface area (Å²) in [5.41, 5.74) is -0.181. The summed E-state index contributed by atoms with van der Waals surface area (Å²) in [6, 6.07) is 0. The Morgan fingerprint density at radius 2 is 2.20 bits per heavy atom. The van der Waals surface area contributed by atoms with Crippen molar-refractivity contribution in [2.75, 3.05) is 0 Å². The zero-order valence-corrected chi connectivity index (χ0v) is 12.5. The Labute approximate surface area is 119 Å². The average Bonchev–Trinajstić information content (AvgIpc) is 2.89. The second-order valence-corrected chi connectivity index (χ2v) is 6.27. The molecule has 2 unspecified atom stereocenters. The molecule has 1 aliphatic rings. The summed E-state index contributed by atoms with van der Waals surface area (Å²) in [4.78, 5) is 16.4. The van der Waals surface area contributed by atoms with E-state index in [1.807, 2.05) is 26.8 Å². The first kappa shape index (κ1) is 14.8. The van der Waals surface area contributed by atoms with Crippen LogP contribution < -0.4 is 0 Å². The Hall–Kier alpha value is -1.65. The van der Waals surface area contributed by atoms with Crippen LogP contribution in [-0.2, 0) is 14.9 Å². The topological polar surface area (TPSA) is 65.2 Å². The van der Waals surface area contributed by atoms with E-state index in [0.717, 1.165) is 19.3 Å². The molecule has 1 aromatic rings. The van der Waals surface area contributed by atoms with Gasteiger partial charge in [0.2, 0.25) is 0 Å². The lowest BCUT2D eigenvalue weighted by atomic mass is 9.95. The van der Waals surface area contributed by atoms with E-state index >= 15 is 0 Å². The summed E-state index contributed by atoms with van der Waals surface area (Å²) in [6.45, 7) is 7.78. The van der Waals surface area contributed by atoms with Gasteiger partial charge in [-0.3, -0.25) is 4.79 Å². The lowest BCUT2D eigenvalue weighted by Crippen LogP contribution is -2.20. The molecule has 5 heteroatoms. The van der Waals surface area contributed by atoms with Gasteiger partial charge in [0, 0.05) is 5.41 Å². The molecule has 0 aromatic carbocycles. The molecule has 20 heavy (non-hydrogen) atoms. The van der Waals surface area contributed by atoms with E-state index in [1.165, 1.54) is 0 Å². The maximum absolute atomic E-state index is 12.0. The first-order valence-corrected chi connectivity index (χ1v) is 7.07. The lowest BCUT2D eigenvalue weighted by molar-refractivity contribution is -0.155. The molecule has 110 valence electrons. The Kier molecular flexibility index (Phi) is 4.26. The molecule has 0 aliphatic heterocycles. The monoisotopic (exact) mass is 278 g/mol. The molecule has 0 spiro atoms. The Bertz CT molecular complexity index is 499. The molecule has 0 saturated heterocycles. The SMILES string of the molecule is CC(OC(=O)C1CC=CCC1)c1nc(C(C)(C)C)no1. The van der Waals surface area contributed by atoms with Gasteiger partial charge in [-0.15, -0.1) is 0 Å². The van der Waals surface area contributed by atoms with E-state index in [0.29, 0.717) is 11.7 Å². The standard InChI is InChI=1S/C15H22N2O3/c1-10(12-16-14(17-20-12)15(2,3)4)19-13(18)11-8-6-5-7-9-11/h5-6,10-11H,7-9H2,1-4H3. The Morgan fingerprint density at radius 3 is 2.75 bits per heavy atom. The van der Waals surface area contributed by atoms with Crippen molar-refractivity contribution in [1.82, 2.24) is 10.1 Å². The van der Waals surface area contributed by atoms with Crippen LogP contribution in [0.15, 0.2) is 16.7 Å². The minimum absolute atomic E-state index is 0.0487. The molecule has 0 amide bonds. The van der Waals surface area contributed by atoms with E-state index in [1.54, 1.807) is 6.92 Å². The summed E-state index contributed by atoms with van der Waals surface area (Å²) >= 11 is 0. The van der Waals surface area contributed by atoms with E-state index < -0.39 is 6.10 Å². The van der Waals surface area contributed by atoms with Crippen LogP contribution in [0.2, 0.25) is 0 Å². The summed E-state index contributed by atoms with van der Waals surface area (Å²) in [5.74, 6) is 0.746. The highest BCUT2D eigenvalue weighted by molar-refractivity contribution is 5.73. The predicted octanol–water partition coefficient (Wildman–Crippen LogP) is 3.33. The van der Waals surface area contributed by atoms with Gasteiger partial charge in [0.05, 0.1) is 5.92 Å². The highest BCUT2D eigenvalue weighted by Crippen LogP contribution is 2.25. The van der Waals surface area contributed by atoms with Crippen molar-refractivity contribution in [3.05, 3.63) is 23.9 Å².